The summed E-state index contributed by atoms with van der Waals surface area (Å²) in [4.78, 5) is 14.1. The maximum atomic E-state index is 12.5. The third-order valence-electron chi connectivity index (χ3n) is 3.36. The minimum absolute atomic E-state index is 0.0140. The molecule has 1 fully saturated rings. The van der Waals surface area contributed by atoms with Crippen LogP contribution in [0.1, 0.15) is 29.8 Å². The van der Waals surface area contributed by atoms with Gasteiger partial charge >= 0.3 is 0 Å². The van der Waals surface area contributed by atoms with Gasteiger partial charge in [0.1, 0.15) is 5.75 Å². The molecule has 2 N–H and O–H groups in total. The molecule has 1 unspecified atom stereocenters. The first-order chi connectivity index (χ1) is 9.32. The minimum atomic E-state index is -0.512. The van der Waals surface area contributed by atoms with Crippen molar-refractivity contribution in [1.29, 1.82) is 0 Å². The molecule has 0 aliphatic carbocycles. The standard InChI is InChI=1S/C15H21NO4/c1-10-4-5-12(13(18)6-10)14(19)16-7-11(8-17)20-15(2,3)9-16/h4-6,11,17-18H,7-9H2,1-3H3. The zero-order valence-corrected chi connectivity index (χ0v) is 12.1. The van der Waals surface area contributed by atoms with E-state index < -0.39 is 11.7 Å². The van der Waals surface area contributed by atoms with Gasteiger partial charge in [-0.1, -0.05) is 6.07 Å². The number of aromatic hydroxyl groups is 1. The molecule has 0 bridgehead atoms. The lowest BCUT2D eigenvalue weighted by Gasteiger charge is -2.42. The van der Waals surface area contributed by atoms with Crippen molar-refractivity contribution in [2.24, 2.45) is 0 Å². The Kier molecular flexibility index (Phi) is 4.01. The van der Waals surface area contributed by atoms with Gasteiger partial charge in [0.2, 0.25) is 0 Å². The molecule has 1 aliphatic heterocycles. The van der Waals surface area contributed by atoms with Crippen molar-refractivity contribution in [3.05, 3.63) is 29.3 Å². The van der Waals surface area contributed by atoms with Gasteiger partial charge in [0.25, 0.3) is 5.91 Å². The molecule has 0 saturated carbocycles. The molecule has 2 rings (SSSR count). The molecule has 1 amide bonds. The van der Waals surface area contributed by atoms with Crippen LogP contribution in [0.2, 0.25) is 0 Å². The van der Waals surface area contributed by atoms with E-state index in [0.717, 1.165) is 5.56 Å². The first-order valence-corrected chi connectivity index (χ1v) is 6.70. The van der Waals surface area contributed by atoms with Crippen LogP contribution < -0.4 is 0 Å². The van der Waals surface area contributed by atoms with Gasteiger partial charge in [-0.3, -0.25) is 4.79 Å². The molecule has 110 valence electrons. The summed E-state index contributed by atoms with van der Waals surface area (Å²) in [6.07, 6.45) is -0.393. The predicted octanol–water partition coefficient (Wildman–Crippen LogP) is 1.31. The molecular formula is C15H21NO4. The van der Waals surface area contributed by atoms with Crippen molar-refractivity contribution < 1.29 is 19.7 Å². The van der Waals surface area contributed by atoms with Crippen molar-refractivity contribution in [2.45, 2.75) is 32.5 Å². The molecule has 1 aromatic rings. The second-order valence-corrected chi connectivity index (χ2v) is 5.89. The van der Waals surface area contributed by atoms with Crippen LogP contribution in [0.15, 0.2) is 18.2 Å². The van der Waals surface area contributed by atoms with Gasteiger partial charge in [0.05, 0.1) is 23.9 Å². The first kappa shape index (κ1) is 14.8. The Morgan fingerprint density at radius 2 is 2.20 bits per heavy atom. The van der Waals surface area contributed by atoms with E-state index in [9.17, 15) is 15.0 Å². The molecule has 5 heteroatoms. The average molecular weight is 279 g/mol. The zero-order chi connectivity index (χ0) is 14.9. The number of amides is 1. The maximum Gasteiger partial charge on any atom is 0.257 e. The molecule has 0 radical (unpaired) electrons. The van der Waals surface area contributed by atoms with E-state index >= 15 is 0 Å². The number of aryl methyl sites for hydroxylation is 1. The van der Waals surface area contributed by atoms with Gasteiger partial charge < -0.3 is 19.8 Å². The molecule has 1 atom stereocenters. The summed E-state index contributed by atoms with van der Waals surface area (Å²) in [5.74, 6) is -0.253. The molecule has 1 heterocycles. The van der Waals surface area contributed by atoms with E-state index in [1.807, 2.05) is 20.8 Å². The number of benzene rings is 1. The summed E-state index contributed by atoms with van der Waals surface area (Å²) in [5.41, 5.74) is 0.668. The highest BCUT2D eigenvalue weighted by molar-refractivity contribution is 5.97. The number of phenolic OH excluding ortho intramolecular Hbond substituents is 1. The van der Waals surface area contributed by atoms with Crippen LogP contribution in [-0.4, -0.2) is 52.4 Å². The highest BCUT2D eigenvalue weighted by Crippen LogP contribution is 2.25. The number of ether oxygens (including phenoxy) is 1. The molecule has 5 nitrogen and oxygen atoms in total. The fourth-order valence-electron chi connectivity index (χ4n) is 2.54. The summed E-state index contributed by atoms with van der Waals surface area (Å²) in [7, 11) is 0. The van der Waals surface area contributed by atoms with Gasteiger partial charge in [0.15, 0.2) is 0 Å². The summed E-state index contributed by atoms with van der Waals surface area (Å²) >= 11 is 0. The quantitative estimate of drug-likeness (QED) is 0.856. The number of carbonyl (C=O) groups excluding carboxylic acids is 1. The summed E-state index contributed by atoms with van der Waals surface area (Å²) in [6.45, 7) is 6.23. The number of carbonyl (C=O) groups is 1. The second-order valence-electron chi connectivity index (χ2n) is 5.89. The zero-order valence-electron chi connectivity index (χ0n) is 12.1. The maximum absolute atomic E-state index is 12.5. The summed E-state index contributed by atoms with van der Waals surface area (Å²) in [5, 5.41) is 19.2. The number of hydrogen-bond donors (Lipinski definition) is 2. The SMILES string of the molecule is Cc1ccc(C(=O)N2CC(CO)OC(C)(C)C2)c(O)c1. The fraction of sp³-hybridized carbons (Fsp3) is 0.533. The number of phenols is 1. The van der Waals surface area contributed by atoms with Gasteiger partial charge in [-0.15, -0.1) is 0 Å². The van der Waals surface area contributed by atoms with Crippen molar-refractivity contribution >= 4 is 5.91 Å². The summed E-state index contributed by atoms with van der Waals surface area (Å²) in [6, 6.07) is 4.99. The lowest BCUT2D eigenvalue weighted by Crippen LogP contribution is -2.55. The third-order valence-corrected chi connectivity index (χ3v) is 3.36. The highest BCUT2D eigenvalue weighted by Gasteiger charge is 2.36. The average Bonchev–Trinajstić information content (AvgIpc) is 2.36. The number of aliphatic hydroxyl groups excluding tert-OH is 1. The Morgan fingerprint density at radius 3 is 2.80 bits per heavy atom. The molecule has 20 heavy (non-hydrogen) atoms. The van der Waals surface area contributed by atoms with Crippen LogP contribution in [0.5, 0.6) is 5.75 Å². The Morgan fingerprint density at radius 1 is 1.50 bits per heavy atom. The van der Waals surface area contributed by atoms with Crippen molar-refractivity contribution in [2.75, 3.05) is 19.7 Å². The van der Waals surface area contributed by atoms with Crippen LogP contribution in [-0.2, 0) is 4.74 Å². The first-order valence-electron chi connectivity index (χ1n) is 6.70. The van der Waals surface area contributed by atoms with Gasteiger partial charge in [-0.2, -0.15) is 0 Å². The van der Waals surface area contributed by atoms with Crippen LogP contribution >= 0.6 is 0 Å². The van der Waals surface area contributed by atoms with E-state index in [1.165, 1.54) is 0 Å². The van der Waals surface area contributed by atoms with Crippen LogP contribution in [0.25, 0.3) is 0 Å². The molecule has 1 aromatic carbocycles. The topological polar surface area (TPSA) is 70.0 Å². The summed E-state index contributed by atoms with van der Waals surface area (Å²) < 4.78 is 5.68. The normalized spacial score (nSPS) is 21.8. The number of rotatable bonds is 2. The van der Waals surface area contributed by atoms with Gasteiger partial charge in [0, 0.05) is 13.1 Å². The van der Waals surface area contributed by atoms with Crippen LogP contribution in [0, 0.1) is 6.92 Å². The number of hydrogen-bond acceptors (Lipinski definition) is 4. The number of nitrogens with zero attached hydrogens (tertiary/aromatic N) is 1. The molecule has 0 spiro atoms. The van der Waals surface area contributed by atoms with E-state index in [1.54, 1.807) is 23.1 Å². The Hall–Kier alpha value is -1.59. The molecular weight excluding hydrogens is 258 g/mol. The van der Waals surface area contributed by atoms with E-state index in [2.05, 4.69) is 0 Å². The van der Waals surface area contributed by atoms with Crippen LogP contribution in [0.4, 0.5) is 0 Å². The number of morpholine rings is 1. The largest absolute Gasteiger partial charge is 0.507 e. The second kappa shape index (κ2) is 5.42. The van der Waals surface area contributed by atoms with Crippen molar-refractivity contribution in [1.82, 2.24) is 4.90 Å². The van der Waals surface area contributed by atoms with E-state index in [4.69, 9.17) is 4.74 Å². The lowest BCUT2D eigenvalue weighted by atomic mass is 10.0. The Labute approximate surface area is 118 Å². The van der Waals surface area contributed by atoms with E-state index in [-0.39, 0.29) is 23.8 Å². The highest BCUT2D eigenvalue weighted by atomic mass is 16.5. The minimum Gasteiger partial charge on any atom is -0.507 e. The Balaban J connectivity index is 2.23. The van der Waals surface area contributed by atoms with Crippen LogP contribution in [0.3, 0.4) is 0 Å². The van der Waals surface area contributed by atoms with Gasteiger partial charge in [-0.05, 0) is 38.5 Å². The van der Waals surface area contributed by atoms with Crippen molar-refractivity contribution in [3.8, 4) is 5.75 Å². The van der Waals surface area contributed by atoms with E-state index in [0.29, 0.717) is 13.1 Å². The molecule has 1 aliphatic rings. The lowest BCUT2D eigenvalue weighted by molar-refractivity contribution is -0.139. The smallest absolute Gasteiger partial charge is 0.257 e. The molecule has 1 saturated heterocycles. The van der Waals surface area contributed by atoms with Gasteiger partial charge in [-0.25, -0.2) is 0 Å². The third kappa shape index (κ3) is 3.11. The van der Waals surface area contributed by atoms with Crippen molar-refractivity contribution in [3.63, 3.8) is 0 Å². The monoisotopic (exact) mass is 279 g/mol. The molecule has 0 aromatic heterocycles. The fourth-order valence-corrected chi connectivity index (χ4v) is 2.54. The predicted molar refractivity (Wildman–Crippen MR) is 74.8 cm³/mol. The Bertz CT molecular complexity index is 513. The number of aliphatic hydroxyl groups is 1.